The van der Waals surface area contributed by atoms with Gasteiger partial charge in [0, 0.05) is 30.4 Å². The third-order valence-electron chi connectivity index (χ3n) is 4.07. The molecule has 0 aliphatic carbocycles. The fourth-order valence-electron chi connectivity index (χ4n) is 2.92. The highest BCUT2D eigenvalue weighted by molar-refractivity contribution is 6.04. The fourth-order valence-corrected chi connectivity index (χ4v) is 2.92. The molecule has 24 heavy (non-hydrogen) atoms. The van der Waals surface area contributed by atoms with Gasteiger partial charge in [-0.2, -0.15) is 0 Å². The van der Waals surface area contributed by atoms with Crippen molar-refractivity contribution in [2.24, 2.45) is 0 Å². The number of carbonyl (C=O) groups is 2. The summed E-state index contributed by atoms with van der Waals surface area (Å²) in [5, 5.41) is 11.3. The maximum Gasteiger partial charge on any atom is 0.325 e. The van der Waals surface area contributed by atoms with Crippen LogP contribution in [0.5, 0.6) is 0 Å². The Morgan fingerprint density at radius 2 is 2.08 bits per heavy atom. The van der Waals surface area contributed by atoms with Crippen LogP contribution in [-0.4, -0.2) is 38.1 Å². The number of carbonyl (C=O) groups excluding carboxylic acids is 2. The van der Waals surface area contributed by atoms with Crippen molar-refractivity contribution in [2.75, 3.05) is 0 Å². The Balaban J connectivity index is 1.53. The molecule has 122 valence electrons. The Kier molecular flexibility index (Phi) is 3.30. The fraction of sp³-hybridized carbons (Fsp3) is 0.250. The first-order valence-corrected chi connectivity index (χ1v) is 7.57. The smallest absolute Gasteiger partial charge is 0.325 e. The normalized spacial score (nSPS) is 17.7. The number of nitrogens with one attached hydrogen (secondary N) is 2. The van der Waals surface area contributed by atoms with E-state index in [1.807, 2.05) is 30.5 Å². The third-order valence-corrected chi connectivity index (χ3v) is 4.07. The summed E-state index contributed by atoms with van der Waals surface area (Å²) in [6.45, 7) is 1.64. The van der Waals surface area contributed by atoms with Gasteiger partial charge >= 0.3 is 6.03 Å². The molecule has 1 aliphatic rings. The van der Waals surface area contributed by atoms with E-state index in [4.69, 9.17) is 4.42 Å². The van der Waals surface area contributed by atoms with E-state index in [0.29, 0.717) is 12.3 Å². The number of para-hydroxylation sites is 1. The van der Waals surface area contributed by atoms with Gasteiger partial charge in [-0.25, -0.2) is 4.79 Å². The summed E-state index contributed by atoms with van der Waals surface area (Å²) in [6, 6.07) is 6.80. The maximum absolute atomic E-state index is 12.5. The molecule has 1 aliphatic heterocycles. The molecule has 1 aromatic carbocycles. The number of aromatic nitrogens is 3. The topological polar surface area (TPSA) is 104 Å². The van der Waals surface area contributed by atoms with E-state index in [0.717, 1.165) is 21.4 Å². The Morgan fingerprint density at radius 1 is 1.25 bits per heavy atom. The quantitative estimate of drug-likeness (QED) is 0.708. The maximum atomic E-state index is 12.5. The number of imide groups is 1. The number of fused-ring (bicyclic) bond motifs is 1. The Bertz CT molecular complexity index is 929. The monoisotopic (exact) mass is 325 g/mol. The minimum Gasteiger partial charge on any atom is -0.424 e. The molecule has 3 heterocycles. The van der Waals surface area contributed by atoms with Gasteiger partial charge in [-0.15, -0.1) is 10.2 Å². The lowest BCUT2D eigenvalue weighted by Crippen LogP contribution is -2.32. The van der Waals surface area contributed by atoms with Gasteiger partial charge in [0.2, 0.25) is 11.8 Å². The number of aromatic amines is 1. The molecule has 2 N–H and O–H groups in total. The summed E-state index contributed by atoms with van der Waals surface area (Å²) in [5.41, 5.74) is 1.99. The number of benzene rings is 1. The highest BCUT2D eigenvalue weighted by Crippen LogP contribution is 2.21. The van der Waals surface area contributed by atoms with Gasteiger partial charge in [0.05, 0.1) is 0 Å². The van der Waals surface area contributed by atoms with E-state index in [9.17, 15) is 9.59 Å². The first-order valence-electron chi connectivity index (χ1n) is 7.57. The molecule has 8 heteroatoms. The molecule has 0 radical (unpaired) electrons. The van der Waals surface area contributed by atoms with E-state index >= 15 is 0 Å². The zero-order valence-corrected chi connectivity index (χ0v) is 12.9. The van der Waals surface area contributed by atoms with E-state index in [-0.39, 0.29) is 18.3 Å². The van der Waals surface area contributed by atoms with Gasteiger partial charge in [0.1, 0.15) is 12.6 Å². The summed E-state index contributed by atoms with van der Waals surface area (Å²) in [4.78, 5) is 28.9. The molecule has 1 fully saturated rings. The lowest BCUT2D eigenvalue weighted by Gasteiger charge is -2.10. The second-order valence-corrected chi connectivity index (χ2v) is 5.70. The van der Waals surface area contributed by atoms with Crippen LogP contribution >= 0.6 is 0 Å². The third kappa shape index (κ3) is 2.41. The molecule has 3 amide bonds. The molecule has 2 aromatic heterocycles. The van der Waals surface area contributed by atoms with Crippen LogP contribution in [0, 0.1) is 6.92 Å². The Labute approximate surface area is 136 Å². The summed E-state index contributed by atoms with van der Waals surface area (Å²) in [7, 11) is 0. The van der Waals surface area contributed by atoms with Crippen molar-refractivity contribution in [3.8, 4) is 0 Å². The predicted octanol–water partition coefficient (Wildman–Crippen LogP) is 1.52. The first kappa shape index (κ1) is 14.4. The first-order chi connectivity index (χ1) is 11.6. The lowest BCUT2D eigenvalue weighted by atomic mass is 10.1. The molecular formula is C16H15N5O3. The SMILES string of the molecule is Cc1nnc(CN2C(=O)NC(Cc3c[nH]c4ccccc34)C2=O)o1. The van der Waals surface area contributed by atoms with Crippen LogP contribution in [0.15, 0.2) is 34.9 Å². The average molecular weight is 325 g/mol. The van der Waals surface area contributed by atoms with E-state index < -0.39 is 12.1 Å². The second kappa shape index (κ2) is 5.48. The summed E-state index contributed by atoms with van der Waals surface area (Å²) in [6.07, 6.45) is 2.29. The largest absolute Gasteiger partial charge is 0.424 e. The van der Waals surface area contributed by atoms with Gasteiger partial charge in [-0.3, -0.25) is 9.69 Å². The van der Waals surface area contributed by atoms with Gasteiger partial charge in [0.15, 0.2) is 0 Å². The lowest BCUT2D eigenvalue weighted by molar-refractivity contribution is -0.128. The number of rotatable bonds is 4. The highest BCUT2D eigenvalue weighted by Gasteiger charge is 2.39. The highest BCUT2D eigenvalue weighted by atomic mass is 16.4. The number of amides is 3. The number of H-pyrrole nitrogens is 1. The number of urea groups is 1. The molecular weight excluding hydrogens is 310 g/mol. The van der Waals surface area contributed by atoms with Crippen molar-refractivity contribution < 1.29 is 14.0 Å². The molecule has 8 nitrogen and oxygen atoms in total. The standard InChI is InChI=1S/C16H15N5O3/c1-9-19-20-14(24-9)8-21-15(22)13(18-16(21)23)6-10-7-17-12-5-3-2-4-11(10)12/h2-5,7,13,17H,6,8H2,1H3,(H,18,23). The molecule has 1 unspecified atom stereocenters. The summed E-state index contributed by atoms with van der Waals surface area (Å²) in [5.74, 6) is 0.345. The van der Waals surface area contributed by atoms with Crippen molar-refractivity contribution in [3.05, 3.63) is 47.8 Å². The van der Waals surface area contributed by atoms with Crippen LogP contribution in [-0.2, 0) is 17.8 Å². The number of nitrogens with zero attached hydrogens (tertiary/aromatic N) is 3. The number of hydrogen-bond acceptors (Lipinski definition) is 5. The van der Waals surface area contributed by atoms with Crippen LogP contribution in [0.2, 0.25) is 0 Å². The number of hydrogen-bond donors (Lipinski definition) is 2. The van der Waals surface area contributed by atoms with Gasteiger partial charge in [-0.1, -0.05) is 18.2 Å². The molecule has 3 aromatic rings. The Hall–Kier alpha value is -3.16. The zero-order valence-electron chi connectivity index (χ0n) is 12.9. The van der Waals surface area contributed by atoms with Crippen LogP contribution in [0.4, 0.5) is 4.79 Å². The molecule has 1 atom stereocenters. The molecule has 4 rings (SSSR count). The number of aryl methyl sites for hydroxylation is 1. The molecule has 0 saturated carbocycles. The van der Waals surface area contributed by atoms with E-state index in [1.165, 1.54) is 0 Å². The van der Waals surface area contributed by atoms with Crippen LogP contribution < -0.4 is 5.32 Å². The predicted molar refractivity (Wildman–Crippen MR) is 83.9 cm³/mol. The molecule has 0 bridgehead atoms. The summed E-state index contributed by atoms with van der Waals surface area (Å²) >= 11 is 0. The minimum absolute atomic E-state index is 0.0180. The second-order valence-electron chi connectivity index (χ2n) is 5.70. The molecule has 0 spiro atoms. The van der Waals surface area contributed by atoms with Crippen molar-refractivity contribution in [1.82, 2.24) is 25.4 Å². The van der Waals surface area contributed by atoms with Crippen molar-refractivity contribution in [1.29, 1.82) is 0 Å². The summed E-state index contributed by atoms with van der Waals surface area (Å²) < 4.78 is 5.24. The van der Waals surface area contributed by atoms with E-state index in [1.54, 1.807) is 6.92 Å². The van der Waals surface area contributed by atoms with Crippen molar-refractivity contribution in [3.63, 3.8) is 0 Å². The van der Waals surface area contributed by atoms with Gasteiger partial charge in [0.25, 0.3) is 5.91 Å². The van der Waals surface area contributed by atoms with Crippen LogP contribution in [0.1, 0.15) is 17.3 Å². The van der Waals surface area contributed by atoms with Crippen molar-refractivity contribution >= 4 is 22.8 Å². The van der Waals surface area contributed by atoms with Crippen molar-refractivity contribution in [2.45, 2.75) is 25.9 Å². The average Bonchev–Trinajstić information content (AvgIpc) is 3.24. The molecule has 1 saturated heterocycles. The van der Waals surface area contributed by atoms with E-state index in [2.05, 4.69) is 20.5 Å². The van der Waals surface area contributed by atoms with Crippen LogP contribution in [0.3, 0.4) is 0 Å². The van der Waals surface area contributed by atoms with Crippen LogP contribution in [0.25, 0.3) is 10.9 Å². The minimum atomic E-state index is -0.597. The van der Waals surface area contributed by atoms with Gasteiger partial charge < -0.3 is 14.7 Å². The van der Waals surface area contributed by atoms with Gasteiger partial charge in [-0.05, 0) is 11.6 Å². The Morgan fingerprint density at radius 3 is 2.88 bits per heavy atom. The zero-order chi connectivity index (χ0) is 16.7.